The van der Waals surface area contributed by atoms with Gasteiger partial charge in [-0.1, -0.05) is 17.7 Å². The molecule has 0 heterocycles. The smallest absolute Gasteiger partial charge is 0.275 e. The van der Waals surface area contributed by atoms with Gasteiger partial charge < -0.3 is 0 Å². The van der Waals surface area contributed by atoms with Crippen molar-refractivity contribution in [2.75, 3.05) is 47.6 Å². The van der Waals surface area contributed by atoms with Gasteiger partial charge in [-0.25, -0.2) is 14.7 Å². The molecule has 0 radical (unpaired) electrons. The van der Waals surface area contributed by atoms with Crippen LogP contribution in [0.15, 0.2) is 24.3 Å². The predicted octanol–water partition coefficient (Wildman–Crippen LogP) is 2.35. The maximum atomic E-state index is 13.3. The Bertz CT molecular complexity index is 519. The Morgan fingerprint density at radius 3 is 1.85 bits per heavy atom. The number of hydrogen-bond donors (Lipinski definition) is 1. The zero-order valence-corrected chi connectivity index (χ0v) is 14.4. The summed E-state index contributed by atoms with van der Waals surface area (Å²) in [5.41, 5.74) is 2.82. The van der Waals surface area contributed by atoms with Crippen molar-refractivity contribution in [2.24, 2.45) is 0 Å². The van der Waals surface area contributed by atoms with Gasteiger partial charge in [0.25, 0.3) is 0 Å². The molecule has 0 aromatic heterocycles. The van der Waals surface area contributed by atoms with Crippen molar-refractivity contribution < 1.29 is 9.14 Å². The fraction of sp³-hybridized carbons (Fsp3) is 0.500. The highest BCUT2D eigenvalue weighted by Crippen LogP contribution is 2.50. The highest BCUT2D eigenvalue weighted by molar-refractivity contribution is 7.76. The first kappa shape index (κ1) is 16.9. The van der Waals surface area contributed by atoms with E-state index in [9.17, 15) is 4.57 Å². The van der Waals surface area contributed by atoms with Crippen LogP contribution in [-0.2, 0) is 4.57 Å². The second-order valence-electron chi connectivity index (χ2n) is 5.45. The Morgan fingerprint density at radius 2 is 1.50 bits per heavy atom. The molecule has 0 amide bonds. The van der Waals surface area contributed by atoms with E-state index in [2.05, 4.69) is 5.32 Å². The van der Waals surface area contributed by atoms with Crippen LogP contribution in [0.2, 0.25) is 0 Å². The van der Waals surface area contributed by atoms with Crippen LogP contribution in [0.25, 0.3) is 0 Å². The molecule has 112 valence electrons. The molecule has 0 aliphatic carbocycles. The zero-order valence-electron chi connectivity index (χ0n) is 13.5. The van der Waals surface area contributed by atoms with Crippen molar-refractivity contribution in [2.45, 2.75) is 6.92 Å². The molecule has 0 bridgehead atoms. The van der Waals surface area contributed by atoms with Gasteiger partial charge in [0.05, 0.1) is 14.1 Å². The summed E-state index contributed by atoms with van der Waals surface area (Å²) in [5, 5.41) is 3.31. The second kappa shape index (κ2) is 6.53. The molecular formula is C14H26N4OP+. The first-order valence-electron chi connectivity index (χ1n) is 6.53. The minimum Gasteiger partial charge on any atom is -0.275 e. The molecule has 1 N–H and O–H groups in total. The number of aryl methyl sites for hydroxylation is 1. The summed E-state index contributed by atoms with van der Waals surface area (Å²) in [4.78, 5) is 0. The number of rotatable bonds is 4. The number of nitrogens with one attached hydrogen (secondary N) is 1. The summed E-state index contributed by atoms with van der Waals surface area (Å²) in [6, 6.07) is 8.06. The molecule has 1 aromatic carbocycles. The van der Waals surface area contributed by atoms with E-state index in [1.165, 1.54) is 5.56 Å². The lowest BCUT2D eigenvalue weighted by molar-refractivity contribution is -0.462. The lowest BCUT2D eigenvalue weighted by Crippen LogP contribution is -2.34. The third-order valence-electron chi connectivity index (χ3n) is 3.09. The number of hydrogen-bond acceptors (Lipinski definition) is 1. The average Bonchev–Trinajstić information content (AvgIpc) is 2.36. The molecule has 0 fully saturated rings. The minimum atomic E-state index is -2.81. The van der Waals surface area contributed by atoms with E-state index in [4.69, 9.17) is 0 Å². The van der Waals surface area contributed by atoms with Crippen LogP contribution >= 0.6 is 7.44 Å². The number of benzene rings is 1. The fourth-order valence-corrected chi connectivity index (χ4v) is 4.22. The van der Waals surface area contributed by atoms with Crippen molar-refractivity contribution in [3.63, 3.8) is 0 Å². The van der Waals surface area contributed by atoms with Gasteiger partial charge >= 0.3 is 13.0 Å². The molecule has 1 aromatic rings. The van der Waals surface area contributed by atoms with Crippen molar-refractivity contribution in [1.29, 1.82) is 0 Å². The SMILES string of the molecule is Cc1ccc(NC(=[N+](C)C)P(=O)(N(C)C)N(C)C)cc1. The van der Waals surface area contributed by atoms with Crippen LogP contribution in [0.4, 0.5) is 5.69 Å². The van der Waals surface area contributed by atoms with Crippen LogP contribution in [-0.4, -0.2) is 61.8 Å². The third kappa shape index (κ3) is 3.48. The summed E-state index contributed by atoms with van der Waals surface area (Å²) in [6.07, 6.45) is 0. The summed E-state index contributed by atoms with van der Waals surface area (Å²) < 4.78 is 18.7. The molecule has 1 rings (SSSR count). The summed E-state index contributed by atoms with van der Waals surface area (Å²) in [6.45, 7) is 2.05. The maximum absolute atomic E-state index is 13.3. The highest BCUT2D eigenvalue weighted by Gasteiger charge is 2.41. The molecule has 0 atom stereocenters. The highest BCUT2D eigenvalue weighted by atomic mass is 31.2. The molecular weight excluding hydrogens is 271 g/mol. The van der Waals surface area contributed by atoms with Crippen LogP contribution in [0.1, 0.15) is 5.56 Å². The number of anilines is 1. The van der Waals surface area contributed by atoms with Gasteiger partial charge in [0.2, 0.25) is 0 Å². The molecule has 20 heavy (non-hydrogen) atoms. The Labute approximate surface area is 122 Å². The van der Waals surface area contributed by atoms with E-state index in [0.717, 1.165) is 5.69 Å². The molecule has 5 nitrogen and oxygen atoms in total. The van der Waals surface area contributed by atoms with Gasteiger partial charge in [0, 0.05) is 0 Å². The minimum absolute atomic E-state index is 0.691. The van der Waals surface area contributed by atoms with Crippen molar-refractivity contribution in [3.05, 3.63) is 29.8 Å². The standard InChI is InChI=1S/C14H25N4OP/c1-12-8-10-13(11-9-12)15-14(16(2)3)20(19,17(4)5)18(6)7/h8-11H,1-7H3/p+1. The van der Waals surface area contributed by atoms with Crippen LogP contribution in [0, 0.1) is 6.92 Å². The van der Waals surface area contributed by atoms with E-state index in [1.807, 2.05) is 78.1 Å². The first-order chi connectivity index (χ1) is 9.19. The third-order valence-corrected chi connectivity index (χ3v) is 6.32. The summed E-state index contributed by atoms with van der Waals surface area (Å²) in [7, 11) is 8.33. The van der Waals surface area contributed by atoms with Gasteiger partial charge in [0.15, 0.2) is 0 Å². The van der Waals surface area contributed by atoms with Gasteiger partial charge in [-0.3, -0.25) is 9.14 Å². The first-order valence-corrected chi connectivity index (χ1v) is 8.15. The van der Waals surface area contributed by atoms with Gasteiger partial charge in [-0.05, 0) is 47.2 Å². The summed E-state index contributed by atoms with van der Waals surface area (Å²) in [5.74, 6) is 0. The Kier molecular flexibility index (Phi) is 5.51. The average molecular weight is 297 g/mol. The molecule has 0 saturated heterocycles. The number of nitrogens with zero attached hydrogens (tertiary/aromatic N) is 3. The zero-order chi connectivity index (χ0) is 15.5. The van der Waals surface area contributed by atoms with Crippen LogP contribution in [0.5, 0.6) is 0 Å². The quantitative estimate of drug-likeness (QED) is 0.401. The van der Waals surface area contributed by atoms with E-state index in [0.29, 0.717) is 5.58 Å². The largest absolute Gasteiger partial charge is 0.338 e. The van der Waals surface area contributed by atoms with Crippen molar-refractivity contribution in [3.8, 4) is 0 Å². The molecule has 0 spiro atoms. The normalized spacial score (nSPS) is 11.8. The second-order valence-corrected chi connectivity index (χ2v) is 8.56. The van der Waals surface area contributed by atoms with Gasteiger partial charge in [-0.15, -0.1) is 0 Å². The Hall–Kier alpha value is -1.16. The van der Waals surface area contributed by atoms with E-state index >= 15 is 0 Å². The lowest BCUT2D eigenvalue weighted by atomic mass is 10.2. The Balaban J connectivity index is 3.23. The fourth-order valence-electron chi connectivity index (χ4n) is 1.95. The molecule has 0 aliphatic heterocycles. The topological polar surface area (TPSA) is 38.6 Å². The van der Waals surface area contributed by atoms with E-state index in [-0.39, 0.29) is 0 Å². The van der Waals surface area contributed by atoms with Gasteiger partial charge in [-0.2, -0.15) is 0 Å². The molecule has 6 heteroatoms. The van der Waals surface area contributed by atoms with Crippen molar-refractivity contribution in [1.82, 2.24) is 9.34 Å². The van der Waals surface area contributed by atoms with Crippen LogP contribution < -0.4 is 5.32 Å². The predicted molar refractivity (Wildman–Crippen MR) is 86.9 cm³/mol. The molecule has 0 unspecified atom stereocenters. The van der Waals surface area contributed by atoms with E-state index < -0.39 is 7.44 Å². The lowest BCUT2D eigenvalue weighted by Gasteiger charge is -2.29. The van der Waals surface area contributed by atoms with E-state index in [1.54, 1.807) is 9.34 Å². The maximum Gasteiger partial charge on any atom is 0.338 e. The monoisotopic (exact) mass is 297 g/mol. The van der Waals surface area contributed by atoms with Crippen LogP contribution in [0.3, 0.4) is 0 Å². The Morgan fingerprint density at radius 1 is 1.05 bits per heavy atom. The number of amidine groups is 1. The van der Waals surface area contributed by atoms with Crippen molar-refractivity contribution >= 4 is 18.7 Å². The summed E-state index contributed by atoms with van der Waals surface area (Å²) >= 11 is 0. The molecule has 0 aliphatic rings. The molecule has 0 saturated carbocycles. The van der Waals surface area contributed by atoms with Gasteiger partial charge in [0.1, 0.15) is 5.69 Å².